The van der Waals surface area contributed by atoms with Gasteiger partial charge in [-0.05, 0) is 36.6 Å². The van der Waals surface area contributed by atoms with Crippen molar-refractivity contribution >= 4 is 11.9 Å². The van der Waals surface area contributed by atoms with Crippen LogP contribution in [-0.2, 0) is 17.8 Å². The molecular formula is C15H18N2O3. The van der Waals surface area contributed by atoms with Gasteiger partial charge in [-0.3, -0.25) is 4.79 Å². The van der Waals surface area contributed by atoms with Crippen LogP contribution in [0.25, 0.3) is 0 Å². The summed E-state index contributed by atoms with van der Waals surface area (Å²) in [6, 6.07) is 5.32. The molecule has 0 spiro atoms. The summed E-state index contributed by atoms with van der Waals surface area (Å²) >= 11 is 0. The summed E-state index contributed by atoms with van der Waals surface area (Å²) in [4.78, 5) is 25.5. The van der Waals surface area contributed by atoms with E-state index < -0.39 is 5.97 Å². The fourth-order valence-corrected chi connectivity index (χ4v) is 3.12. The summed E-state index contributed by atoms with van der Waals surface area (Å²) in [5.41, 5.74) is 2.22. The lowest BCUT2D eigenvalue weighted by atomic mass is 9.93. The van der Waals surface area contributed by atoms with Crippen molar-refractivity contribution < 1.29 is 14.7 Å². The van der Waals surface area contributed by atoms with Gasteiger partial charge in [0, 0.05) is 19.6 Å². The molecule has 2 aliphatic rings. The second kappa shape index (κ2) is 5.25. The number of aromatic carboxylic acids is 1. The van der Waals surface area contributed by atoms with Gasteiger partial charge in [0.2, 0.25) is 5.91 Å². The molecule has 1 atom stereocenters. The lowest BCUT2D eigenvalue weighted by Crippen LogP contribution is -2.40. The first-order chi connectivity index (χ1) is 9.66. The van der Waals surface area contributed by atoms with E-state index in [-0.39, 0.29) is 11.8 Å². The third kappa shape index (κ3) is 2.29. The van der Waals surface area contributed by atoms with Gasteiger partial charge in [0.25, 0.3) is 0 Å². The van der Waals surface area contributed by atoms with E-state index in [4.69, 9.17) is 0 Å². The average Bonchev–Trinajstić information content (AvgIpc) is 2.99. The Bertz CT molecular complexity index is 550. The van der Waals surface area contributed by atoms with Crippen molar-refractivity contribution in [1.82, 2.24) is 10.2 Å². The molecule has 1 amide bonds. The number of nitrogens with one attached hydrogen (secondary N) is 1. The van der Waals surface area contributed by atoms with E-state index >= 15 is 0 Å². The number of carboxylic acid groups (broad SMARTS) is 1. The maximum Gasteiger partial charge on any atom is 0.335 e. The Kier molecular flexibility index (Phi) is 3.44. The molecule has 1 aromatic carbocycles. The molecule has 0 radical (unpaired) electrons. The zero-order valence-electron chi connectivity index (χ0n) is 11.3. The number of hydrogen-bond donors (Lipinski definition) is 2. The predicted molar refractivity (Wildman–Crippen MR) is 73.5 cm³/mol. The quantitative estimate of drug-likeness (QED) is 0.840. The van der Waals surface area contributed by atoms with Gasteiger partial charge in [0.05, 0.1) is 11.5 Å². The second-order valence-electron chi connectivity index (χ2n) is 5.45. The van der Waals surface area contributed by atoms with Crippen LogP contribution in [0.4, 0.5) is 0 Å². The highest BCUT2D eigenvalue weighted by atomic mass is 16.4. The molecule has 1 aromatic rings. The van der Waals surface area contributed by atoms with Crippen LogP contribution in [-0.4, -0.2) is 41.5 Å². The van der Waals surface area contributed by atoms with Crippen molar-refractivity contribution in [1.29, 1.82) is 0 Å². The molecule has 2 aliphatic heterocycles. The molecule has 0 saturated carbocycles. The van der Waals surface area contributed by atoms with Gasteiger partial charge >= 0.3 is 5.97 Å². The minimum Gasteiger partial charge on any atom is -0.478 e. The molecule has 1 saturated heterocycles. The fourth-order valence-electron chi connectivity index (χ4n) is 3.12. The third-order valence-corrected chi connectivity index (χ3v) is 4.22. The first-order valence-electron chi connectivity index (χ1n) is 7.00. The van der Waals surface area contributed by atoms with Gasteiger partial charge in [0.15, 0.2) is 0 Å². The van der Waals surface area contributed by atoms with Gasteiger partial charge in [-0.15, -0.1) is 0 Å². The standard InChI is InChI=1S/C15H18N2O3/c18-14(10-4-6-16-8-10)17-7-5-12-11(9-17)2-1-3-13(12)15(19)20/h1-3,10,16H,4-9H2,(H,19,20). The van der Waals surface area contributed by atoms with Crippen molar-refractivity contribution in [2.75, 3.05) is 19.6 Å². The molecule has 2 heterocycles. The fraction of sp³-hybridized carbons (Fsp3) is 0.467. The number of amides is 1. The summed E-state index contributed by atoms with van der Waals surface area (Å²) in [5.74, 6) is -0.609. The van der Waals surface area contributed by atoms with Gasteiger partial charge in [0.1, 0.15) is 0 Å². The average molecular weight is 274 g/mol. The minimum atomic E-state index is -0.887. The molecule has 0 bridgehead atoms. The van der Waals surface area contributed by atoms with Crippen LogP contribution in [0.1, 0.15) is 27.9 Å². The Balaban J connectivity index is 1.80. The third-order valence-electron chi connectivity index (χ3n) is 4.22. The Morgan fingerprint density at radius 1 is 1.35 bits per heavy atom. The van der Waals surface area contributed by atoms with Gasteiger partial charge in [-0.1, -0.05) is 12.1 Å². The normalized spacial score (nSPS) is 21.6. The van der Waals surface area contributed by atoms with Crippen LogP contribution in [0.3, 0.4) is 0 Å². The number of carbonyl (C=O) groups is 2. The molecule has 0 aliphatic carbocycles. The highest BCUT2D eigenvalue weighted by Crippen LogP contribution is 2.24. The van der Waals surface area contributed by atoms with Gasteiger partial charge in [-0.2, -0.15) is 0 Å². The molecule has 1 unspecified atom stereocenters. The van der Waals surface area contributed by atoms with Crippen molar-refractivity contribution in [2.45, 2.75) is 19.4 Å². The van der Waals surface area contributed by atoms with Crippen molar-refractivity contribution in [3.05, 3.63) is 34.9 Å². The maximum atomic E-state index is 12.4. The first-order valence-corrected chi connectivity index (χ1v) is 7.00. The summed E-state index contributed by atoms with van der Waals surface area (Å²) in [7, 11) is 0. The van der Waals surface area contributed by atoms with Crippen LogP contribution < -0.4 is 5.32 Å². The van der Waals surface area contributed by atoms with Crippen molar-refractivity contribution in [3.8, 4) is 0 Å². The van der Waals surface area contributed by atoms with Crippen LogP contribution in [0.15, 0.2) is 18.2 Å². The van der Waals surface area contributed by atoms with Crippen molar-refractivity contribution in [3.63, 3.8) is 0 Å². The first kappa shape index (κ1) is 13.1. The number of benzene rings is 1. The zero-order valence-corrected chi connectivity index (χ0v) is 11.3. The number of fused-ring (bicyclic) bond motifs is 1. The van der Waals surface area contributed by atoms with Gasteiger partial charge < -0.3 is 15.3 Å². The minimum absolute atomic E-state index is 0.0826. The summed E-state index contributed by atoms with van der Waals surface area (Å²) in [6.07, 6.45) is 1.53. The molecule has 2 N–H and O–H groups in total. The molecule has 1 fully saturated rings. The zero-order chi connectivity index (χ0) is 14.1. The number of hydrogen-bond acceptors (Lipinski definition) is 3. The van der Waals surface area contributed by atoms with E-state index in [2.05, 4.69) is 5.32 Å². The van der Waals surface area contributed by atoms with E-state index in [1.165, 1.54) is 0 Å². The highest BCUT2D eigenvalue weighted by molar-refractivity contribution is 5.90. The lowest BCUT2D eigenvalue weighted by Gasteiger charge is -2.31. The predicted octanol–water partition coefficient (Wildman–Crippen LogP) is 0.879. The van der Waals surface area contributed by atoms with E-state index in [1.807, 2.05) is 11.0 Å². The number of carbonyl (C=O) groups excluding carboxylic acids is 1. The van der Waals surface area contributed by atoms with E-state index in [0.717, 1.165) is 30.6 Å². The summed E-state index contributed by atoms with van der Waals surface area (Å²) in [5, 5.41) is 12.4. The molecule has 5 heteroatoms. The van der Waals surface area contributed by atoms with Crippen LogP contribution >= 0.6 is 0 Å². The SMILES string of the molecule is O=C(O)c1cccc2c1CCN(C(=O)C1CCNC1)C2. The molecule has 106 valence electrons. The molecule has 0 aromatic heterocycles. The molecule has 20 heavy (non-hydrogen) atoms. The van der Waals surface area contributed by atoms with E-state index in [9.17, 15) is 14.7 Å². The Labute approximate surface area is 117 Å². The number of carboxylic acids is 1. The lowest BCUT2D eigenvalue weighted by molar-refractivity contribution is -0.135. The molecule has 5 nitrogen and oxygen atoms in total. The summed E-state index contributed by atoms with van der Waals surface area (Å²) in [6.45, 7) is 2.82. The van der Waals surface area contributed by atoms with Crippen LogP contribution in [0, 0.1) is 5.92 Å². The number of nitrogens with zero attached hydrogens (tertiary/aromatic N) is 1. The largest absolute Gasteiger partial charge is 0.478 e. The van der Waals surface area contributed by atoms with E-state index in [0.29, 0.717) is 25.1 Å². The topological polar surface area (TPSA) is 69.6 Å². The monoisotopic (exact) mass is 274 g/mol. The smallest absolute Gasteiger partial charge is 0.335 e. The molecular weight excluding hydrogens is 256 g/mol. The second-order valence-corrected chi connectivity index (χ2v) is 5.45. The summed E-state index contributed by atoms with van der Waals surface area (Å²) < 4.78 is 0. The Morgan fingerprint density at radius 3 is 2.90 bits per heavy atom. The Hall–Kier alpha value is -1.88. The maximum absolute atomic E-state index is 12.4. The van der Waals surface area contributed by atoms with E-state index in [1.54, 1.807) is 12.1 Å². The number of rotatable bonds is 2. The van der Waals surface area contributed by atoms with Crippen molar-refractivity contribution in [2.24, 2.45) is 5.92 Å². The Morgan fingerprint density at radius 2 is 2.20 bits per heavy atom. The molecule has 3 rings (SSSR count). The van der Waals surface area contributed by atoms with Gasteiger partial charge in [-0.25, -0.2) is 4.79 Å². The highest BCUT2D eigenvalue weighted by Gasteiger charge is 2.30. The van der Waals surface area contributed by atoms with Crippen LogP contribution in [0.5, 0.6) is 0 Å². The van der Waals surface area contributed by atoms with Crippen LogP contribution in [0.2, 0.25) is 0 Å².